The van der Waals surface area contributed by atoms with Crippen molar-refractivity contribution in [3.8, 4) is 17.0 Å². The normalized spacial score (nSPS) is 11.5. The van der Waals surface area contributed by atoms with E-state index in [4.69, 9.17) is 16.3 Å². The average molecular weight is 600 g/mol. The number of benzene rings is 4. The van der Waals surface area contributed by atoms with Gasteiger partial charge in [-0.2, -0.15) is 0 Å². The Morgan fingerprint density at radius 2 is 1.68 bits per heavy atom. The molecule has 0 aliphatic rings. The molecule has 1 aromatic heterocycles. The molecule has 6 nitrogen and oxygen atoms in total. The molecule has 0 aliphatic heterocycles. The lowest BCUT2D eigenvalue weighted by atomic mass is 10.1. The number of ether oxygens (including phenoxy) is 1. The first-order valence-corrected chi connectivity index (χ1v) is 14.9. The van der Waals surface area contributed by atoms with Gasteiger partial charge in [0.05, 0.1) is 19.2 Å². The number of halogens is 1. The molecular weight excluding hydrogens is 574 g/mol. The molecule has 0 spiro atoms. The fourth-order valence-corrected chi connectivity index (χ4v) is 5.94. The van der Waals surface area contributed by atoms with Crippen LogP contribution in [0.25, 0.3) is 11.3 Å². The summed E-state index contributed by atoms with van der Waals surface area (Å²) in [6.45, 7) is 0. The van der Waals surface area contributed by atoms with Gasteiger partial charge in [0.15, 0.2) is 5.13 Å². The summed E-state index contributed by atoms with van der Waals surface area (Å²) in [5, 5.41) is 8.47. The zero-order valence-corrected chi connectivity index (χ0v) is 24.4. The Morgan fingerprint density at radius 1 is 0.927 bits per heavy atom. The Kier molecular flexibility index (Phi) is 9.36. The molecule has 41 heavy (non-hydrogen) atoms. The molecule has 0 fully saturated rings. The third-order valence-corrected chi connectivity index (χ3v) is 8.39. The van der Waals surface area contributed by atoms with E-state index in [1.165, 1.54) is 23.1 Å². The lowest BCUT2D eigenvalue weighted by Gasteiger charge is -2.16. The van der Waals surface area contributed by atoms with Gasteiger partial charge in [0, 0.05) is 26.5 Å². The fourth-order valence-electron chi connectivity index (χ4n) is 4.06. The zero-order chi connectivity index (χ0) is 28.6. The third kappa shape index (κ3) is 7.76. The number of carbonyl (C=O) groups excluding carboxylic acids is 2. The lowest BCUT2D eigenvalue weighted by Crippen LogP contribution is -2.19. The van der Waals surface area contributed by atoms with Crippen LogP contribution in [0, 0.1) is 0 Å². The first-order chi connectivity index (χ1) is 20.0. The van der Waals surface area contributed by atoms with Crippen molar-refractivity contribution in [1.82, 2.24) is 4.98 Å². The van der Waals surface area contributed by atoms with Crippen molar-refractivity contribution in [3.63, 3.8) is 0 Å². The smallest absolute Gasteiger partial charge is 0.244 e. The number of carbonyl (C=O) groups is 2. The Balaban J connectivity index is 1.26. The van der Waals surface area contributed by atoms with Gasteiger partial charge < -0.3 is 15.4 Å². The summed E-state index contributed by atoms with van der Waals surface area (Å²) in [5.41, 5.74) is 4.12. The Morgan fingerprint density at radius 3 is 2.41 bits per heavy atom. The van der Waals surface area contributed by atoms with E-state index in [1.807, 2.05) is 96.4 Å². The van der Waals surface area contributed by atoms with Crippen molar-refractivity contribution in [2.24, 2.45) is 0 Å². The largest absolute Gasteiger partial charge is 0.497 e. The number of rotatable bonds is 10. The van der Waals surface area contributed by atoms with E-state index in [-0.39, 0.29) is 18.2 Å². The SMILES string of the molecule is COc1cccc(-c2csc(NC(=O)C(Sc3ccc(NC(=O)Cc4ccc(Cl)cc4)cc3)c3ccccc3)n2)c1. The second kappa shape index (κ2) is 13.5. The predicted octanol–water partition coefficient (Wildman–Crippen LogP) is 8.13. The summed E-state index contributed by atoms with van der Waals surface area (Å²) in [6.07, 6.45) is 0.250. The molecule has 1 atom stereocenters. The molecule has 1 heterocycles. The van der Waals surface area contributed by atoms with Crippen LogP contribution in [0.3, 0.4) is 0 Å². The van der Waals surface area contributed by atoms with Crippen LogP contribution in [0.5, 0.6) is 5.75 Å². The van der Waals surface area contributed by atoms with Gasteiger partial charge in [-0.1, -0.05) is 66.2 Å². The number of thioether (sulfide) groups is 1. The van der Waals surface area contributed by atoms with Gasteiger partial charge in [0.25, 0.3) is 0 Å². The predicted molar refractivity (Wildman–Crippen MR) is 168 cm³/mol. The molecule has 5 aromatic rings. The molecule has 5 rings (SSSR count). The van der Waals surface area contributed by atoms with Crippen LogP contribution >= 0.6 is 34.7 Å². The maximum absolute atomic E-state index is 13.5. The maximum atomic E-state index is 13.5. The number of hydrogen-bond acceptors (Lipinski definition) is 6. The number of anilines is 2. The van der Waals surface area contributed by atoms with E-state index in [2.05, 4.69) is 15.6 Å². The number of aromatic nitrogens is 1. The van der Waals surface area contributed by atoms with Crippen molar-refractivity contribution in [3.05, 3.63) is 125 Å². The number of nitrogens with zero attached hydrogens (tertiary/aromatic N) is 1. The Hall–Kier alpha value is -4.11. The highest BCUT2D eigenvalue weighted by atomic mass is 35.5. The number of hydrogen-bond donors (Lipinski definition) is 2. The van der Waals surface area contributed by atoms with Crippen LogP contribution in [0.1, 0.15) is 16.4 Å². The number of methoxy groups -OCH3 is 1. The molecule has 4 aromatic carbocycles. The molecule has 0 aliphatic carbocycles. The summed E-state index contributed by atoms with van der Waals surface area (Å²) in [7, 11) is 1.62. The summed E-state index contributed by atoms with van der Waals surface area (Å²) in [4.78, 5) is 31.5. The van der Waals surface area contributed by atoms with E-state index in [0.29, 0.717) is 15.8 Å². The van der Waals surface area contributed by atoms with Crippen molar-refractivity contribution in [2.75, 3.05) is 17.7 Å². The van der Waals surface area contributed by atoms with Crippen LogP contribution in [-0.2, 0) is 16.0 Å². The third-order valence-electron chi connectivity index (χ3n) is 6.11. The molecule has 0 saturated carbocycles. The summed E-state index contributed by atoms with van der Waals surface area (Å²) >= 11 is 8.73. The van der Waals surface area contributed by atoms with Crippen molar-refractivity contribution < 1.29 is 14.3 Å². The lowest BCUT2D eigenvalue weighted by molar-refractivity contribution is -0.116. The molecule has 2 N–H and O–H groups in total. The molecule has 1 unspecified atom stereocenters. The zero-order valence-electron chi connectivity index (χ0n) is 22.0. The minimum Gasteiger partial charge on any atom is -0.497 e. The van der Waals surface area contributed by atoms with Gasteiger partial charge in [-0.25, -0.2) is 4.98 Å². The maximum Gasteiger partial charge on any atom is 0.244 e. The van der Waals surface area contributed by atoms with Gasteiger partial charge in [0.2, 0.25) is 11.8 Å². The Labute approximate surface area is 251 Å². The van der Waals surface area contributed by atoms with Crippen LogP contribution in [0.15, 0.2) is 113 Å². The second-order valence-corrected chi connectivity index (χ2v) is 11.5. The second-order valence-electron chi connectivity index (χ2n) is 9.04. The van der Waals surface area contributed by atoms with Crippen LogP contribution in [0.4, 0.5) is 10.8 Å². The van der Waals surface area contributed by atoms with Crippen molar-refractivity contribution in [1.29, 1.82) is 0 Å². The van der Waals surface area contributed by atoms with Gasteiger partial charge in [-0.3, -0.25) is 9.59 Å². The molecule has 0 radical (unpaired) electrons. The van der Waals surface area contributed by atoms with E-state index in [9.17, 15) is 9.59 Å². The van der Waals surface area contributed by atoms with Crippen LogP contribution in [-0.4, -0.2) is 23.9 Å². The van der Waals surface area contributed by atoms with Gasteiger partial charge in [0.1, 0.15) is 11.0 Å². The Bertz CT molecular complexity index is 1620. The number of nitrogens with one attached hydrogen (secondary N) is 2. The van der Waals surface area contributed by atoms with Crippen molar-refractivity contribution >= 4 is 57.3 Å². The van der Waals surface area contributed by atoms with Gasteiger partial charge in [-0.15, -0.1) is 23.1 Å². The van der Waals surface area contributed by atoms with Gasteiger partial charge in [-0.05, 0) is 59.7 Å². The quantitative estimate of drug-likeness (QED) is 0.158. The van der Waals surface area contributed by atoms with E-state index in [0.717, 1.165) is 33.0 Å². The summed E-state index contributed by atoms with van der Waals surface area (Å²) in [6, 6.07) is 32.0. The molecule has 9 heteroatoms. The highest BCUT2D eigenvalue weighted by Gasteiger charge is 2.23. The molecule has 0 saturated heterocycles. The molecule has 2 amide bonds. The number of thiazole rings is 1. The topological polar surface area (TPSA) is 80.3 Å². The van der Waals surface area contributed by atoms with Gasteiger partial charge >= 0.3 is 0 Å². The minimum absolute atomic E-state index is 0.119. The highest BCUT2D eigenvalue weighted by molar-refractivity contribution is 8.00. The van der Waals surface area contributed by atoms with Crippen LogP contribution < -0.4 is 15.4 Å². The minimum atomic E-state index is -0.509. The van der Waals surface area contributed by atoms with Crippen LogP contribution in [0.2, 0.25) is 5.02 Å². The molecule has 0 bridgehead atoms. The molecular formula is C32H26ClN3O3S2. The average Bonchev–Trinajstić information content (AvgIpc) is 3.47. The van der Waals surface area contributed by atoms with E-state index < -0.39 is 5.25 Å². The summed E-state index contributed by atoms with van der Waals surface area (Å²) < 4.78 is 5.32. The standard InChI is InChI=1S/C32H26ClN3O3S2/c1-39-26-9-5-8-23(19-26)28-20-40-32(35-28)36-31(38)30(22-6-3-2-4-7-22)41-27-16-14-25(15-17-27)34-29(37)18-21-10-12-24(33)13-11-21/h2-17,19-20,30H,18H2,1H3,(H,34,37)(H,35,36,38). The van der Waals surface area contributed by atoms with E-state index in [1.54, 1.807) is 19.2 Å². The summed E-state index contributed by atoms with van der Waals surface area (Å²) in [5.74, 6) is 0.452. The first kappa shape index (κ1) is 28.4. The van der Waals surface area contributed by atoms with E-state index >= 15 is 0 Å². The monoisotopic (exact) mass is 599 g/mol. The van der Waals surface area contributed by atoms with Crippen molar-refractivity contribution in [2.45, 2.75) is 16.6 Å². The highest BCUT2D eigenvalue weighted by Crippen LogP contribution is 2.37. The number of amides is 2. The first-order valence-electron chi connectivity index (χ1n) is 12.7. The fraction of sp³-hybridized carbons (Fsp3) is 0.0938. The molecule has 206 valence electrons.